The molecule has 0 spiro atoms. The Labute approximate surface area is 132 Å². The Kier molecular flexibility index (Phi) is 5.03. The van der Waals surface area contributed by atoms with E-state index < -0.39 is 15.9 Å². The van der Waals surface area contributed by atoms with Gasteiger partial charge in [-0.2, -0.15) is 0 Å². The maximum absolute atomic E-state index is 12.5. The molecule has 0 aromatic heterocycles. The number of hydrogen-bond acceptors (Lipinski definition) is 4. The third-order valence-electron chi connectivity index (χ3n) is 3.73. The molecule has 1 fully saturated rings. The molecule has 0 aliphatic heterocycles. The third kappa shape index (κ3) is 3.82. The smallest absolute Gasteiger partial charge is 0.248 e. The minimum absolute atomic E-state index is 0.0216. The Bertz CT molecular complexity index is 648. The summed E-state index contributed by atoms with van der Waals surface area (Å²) in [5.74, 6) is -0.518. The number of sulfonamides is 1. The summed E-state index contributed by atoms with van der Waals surface area (Å²) in [6.07, 6.45) is 2.66. The van der Waals surface area contributed by atoms with Gasteiger partial charge in [0.15, 0.2) is 0 Å². The zero-order chi connectivity index (χ0) is 15.6. The van der Waals surface area contributed by atoms with E-state index in [9.17, 15) is 13.2 Å². The quantitative estimate of drug-likeness (QED) is 0.710. The largest absolute Gasteiger partial charge is 0.366 e. The van der Waals surface area contributed by atoms with Crippen molar-refractivity contribution in [1.29, 1.82) is 0 Å². The lowest BCUT2D eigenvalue weighted by molar-refractivity contribution is 0.1000. The number of halogens is 1. The molecule has 8 heteroatoms. The van der Waals surface area contributed by atoms with E-state index >= 15 is 0 Å². The lowest BCUT2D eigenvalue weighted by atomic mass is 10.1. The van der Waals surface area contributed by atoms with E-state index in [0.717, 1.165) is 19.3 Å². The molecule has 0 saturated heterocycles. The molecule has 2 unspecified atom stereocenters. The van der Waals surface area contributed by atoms with Crippen LogP contribution in [0.25, 0.3) is 0 Å². The van der Waals surface area contributed by atoms with Crippen molar-refractivity contribution in [2.75, 3.05) is 6.54 Å². The van der Waals surface area contributed by atoms with E-state index in [-0.39, 0.29) is 22.4 Å². The highest BCUT2D eigenvalue weighted by atomic mass is 79.9. The van der Waals surface area contributed by atoms with E-state index in [1.807, 2.05) is 0 Å². The third-order valence-corrected chi connectivity index (χ3v) is 5.66. The average molecular weight is 376 g/mol. The van der Waals surface area contributed by atoms with Crippen molar-refractivity contribution in [3.05, 3.63) is 28.2 Å². The van der Waals surface area contributed by atoms with Gasteiger partial charge in [0.05, 0.1) is 4.90 Å². The molecule has 1 aliphatic carbocycles. The van der Waals surface area contributed by atoms with Crippen molar-refractivity contribution in [2.24, 2.45) is 17.4 Å². The van der Waals surface area contributed by atoms with Gasteiger partial charge in [-0.25, -0.2) is 13.1 Å². The number of carbonyl (C=O) groups excluding carboxylic acids is 1. The van der Waals surface area contributed by atoms with E-state index in [2.05, 4.69) is 20.7 Å². The van der Waals surface area contributed by atoms with Crippen LogP contribution in [0, 0.1) is 5.92 Å². The molecule has 5 N–H and O–H groups in total. The number of benzene rings is 1. The summed E-state index contributed by atoms with van der Waals surface area (Å²) < 4.78 is 28.1. The molecule has 2 atom stereocenters. The van der Waals surface area contributed by atoms with Crippen LogP contribution in [-0.4, -0.2) is 26.9 Å². The fourth-order valence-corrected chi connectivity index (χ4v) is 4.66. The predicted octanol–water partition coefficient (Wildman–Crippen LogP) is 0.954. The van der Waals surface area contributed by atoms with Crippen LogP contribution in [0.5, 0.6) is 0 Å². The molecule has 2 rings (SSSR count). The lowest BCUT2D eigenvalue weighted by Gasteiger charge is -2.19. The van der Waals surface area contributed by atoms with Gasteiger partial charge in [0.2, 0.25) is 15.9 Å². The van der Waals surface area contributed by atoms with Crippen LogP contribution in [-0.2, 0) is 10.0 Å². The summed E-state index contributed by atoms with van der Waals surface area (Å²) in [5.41, 5.74) is 11.0. The van der Waals surface area contributed by atoms with Gasteiger partial charge in [-0.1, -0.05) is 22.4 Å². The van der Waals surface area contributed by atoms with Crippen LogP contribution in [0.3, 0.4) is 0 Å². The summed E-state index contributed by atoms with van der Waals surface area (Å²) in [6, 6.07) is 4.05. The van der Waals surface area contributed by atoms with Crippen molar-refractivity contribution in [1.82, 2.24) is 4.72 Å². The van der Waals surface area contributed by atoms with Gasteiger partial charge in [0.1, 0.15) is 0 Å². The van der Waals surface area contributed by atoms with Gasteiger partial charge in [0, 0.05) is 16.1 Å². The summed E-state index contributed by atoms with van der Waals surface area (Å²) in [7, 11) is -3.71. The summed E-state index contributed by atoms with van der Waals surface area (Å²) in [4.78, 5) is 11.3. The second-order valence-corrected chi connectivity index (χ2v) is 7.82. The molecular weight excluding hydrogens is 358 g/mol. The lowest BCUT2D eigenvalue weighted by Crippen LogP contribution is -2.39. The molecule has 21 heavy (non-hydrogen) atoms. The average Bonchev–Trinajstić information content (AvgIpc) is 2.84. The number of amides is 1. The zero-order valence-electron chi connectivity index (χ0n) is 11.4. The minimum Gasteiger partial charge on any atom is -0.366 e. The number of primary amides is 1. The zero-order valence-corrected chi connectivity index (χ0v) is 13.8. The molecule has 116 valence electrons. The predicted molar refractivity (Wildman–Crippen MR) is 83.2 cm³/mol. The van der Waals surface area contributed by atoms with Gasteiger partial charge >= 0.3 is 0 Å². The van der Waals surface area contributed by atoms with Crippen molar-refractivity contribution in [3.63, 3.8) is 0 Å². The molecule has 1 aromatic rings. The van der Waals surface area contributed by atoms with Crippen LogP contribution >= 0.6 is 15.9 Å². The van der Waals surface area contributed by atoms with Crippen LogP contribution in [0.2, 0.25) is 0 Å². The van der Waals surface area contributed by atoms with Gasteiger partial charge in [-0.15, -0.1) is 0 Å². The van der Waals surface area contributed by atoms with Crippen molar-refractivity contribution < 1.29 is 13.2 Å². The van der Waals surface area contributed by atoms with E-state index in [1.54, 1.807) is 0 Å². The molecule has 1 aliphatic rings. The second-order valence-electron chi connectivity index (χ2n) is 5.19. The summed E-state index contributed by atoms with van der Waals surface area (Å²) >= 11 is 3.19. The first-order chi connectivity index (χ1) is 9.83. The van der Waals surface area contributed by atoms with Crippen LogP contribution in [0.4, 0.5) is 0 Å². The Morgan fingerprint density at radius 1 is 1.33 bits per heavy atom. The van der Waals surface area contributed by atoms with Crippen molar-refractivity contribution >= 4 is 31.9 Å². The number of carbonyl (C=O) groups is 1. The highest BCUT2D eigenvalue weighted by Crippen LogP contribution is 2.27. The van der Waals surface area contributed by atoms with E-state index in [1.165, 1.54) is 18.2 Å². The SMILES string of the molecule is NCC1CCCC1NS(=O)(=O)c1cc(Br)cc(C(N)=O)c1. The monoisotopic (exact) mass is 375 g/mol. The Balaban J connectivity index is 2.29. The molecule has 1 amide bonds. The Morgan fingerprint density at radius 2 is 2.05 bits per heavy atom. The summed E-state index contributed by atoms with van der Waals surface area (Å²) in [5, 5.41) is 0. The number of hydrogen-bond donors (Lipinski definition) is 3. The maximum atomic E-state index is 12.5. The first-order valence-electron chi connectivity index (χ1n) is 6.66. The van der Waals surface area contributed by atoms with Gasteiger partial charge < -0.3 is 11.5 Å². The normalized spacial score (nSPS) is 22.4. The Hall–Kier alpha value is -0.960. The van der Waals surface area contributed by atoms with Crippen LogP contribution < -0.4 is 16.2 Å². The Morgan fingerprint density at radius 3 is 2.67 bits per heavy atom. The van der Waals surface area contributed by atoms with Crippen molar-refractivity contribution in [3.8, 4) is 0 Å². The van der Waals surface area contributed by atoms with Gasteiger partial charge in [-0.3, -0.25) is 4.79 Å². The molecule has 6 nitrogen and oxygen atoms in total. The van der Waals surface area contributed by atoms with Crippen LogP contribution in [0.1, 0.15) is 29.6 Å². The highest BCUT2D eigenvalue weighted by Gasteiger charge is 2.30. The molecule has 0 bridgehead atoms. The van der Waals surface area contributed by atoms with Crippen LogP contribution in [0.15, 0.2) is 27.6 Å². The standard InChI is InChI=1S/C13H18BrN3O3S/c14-10-4-9(13(16)18)5-11(6-10)21(19,20)17-12-3-1-2-8(12)7-15/h4-6,8,12,17H,1-3,7,15H2,(H2,16,18). The van der Waals surface area contributed by atoms with E-state index in [4.69, 9.17) is 11.5 Å². The molecule has 1 saturated carbocycles. The van der Waals surface area contributed by atoms with E-state index in [0.29, 0.717) is 11.0 Å². The highest BCUT2D eigenvalue weighted by molar-refractivity contribution is 9.10. The molecule has 1 aromatic carbocycles. The molecular formula is C13H18BrN3O3S. The maximum Gasteiger partial charge on any atom is 0.248 e. The van der Waals surface area contributed by atoms with Gasteiger partial charge in [-0.05, 0) is 43.5 Å². The molecule has 0 radical (unpaired) electrons. The first-order valence-corrected chi connectivity index (χ1v) is 8.94. The topological polar surface area (TPSA) is 115 Å². The summed E-state index contributed by atoms with van der Waals surface area (Å²) in [6.45, 7) is 0.457. The minimum atomic E-state index is -3.71. The number of nitrogens with two attached hydrogens (primary N) is 2. The number of rotatable bonds is 5. The number of nitrogens with one attached hydrogen (secondary N) is 1. The van der Waals surface area contributed by atoms with Crippen molar-refractivity contribution in [2.45, 2.75) is 30.2 Å². The second kappa shape index (κ2) is 6.43. The molecule has 0 heterocycles. The van der Waals surface area contributed by atoms with Gasteiger partial charge in [0.25, 0.3) is 0 Å². The fraction of sp³-hybridized carbons (Fsp3) is 0.462. The first kappa shape index (κ1) is 16.4. The fourth-order valence-electron chi connectivity index (χ4n) is 2.60.